The molecule has 164 valence electrons. The van der Waals surface area contributed by atoms with Crippen LogP contribution in [0.4, 0.5) is 0 Å². The van der Waals surface area contributed by atoms with Crippen LogP contribution in [0.2, 0.25) is 0 Å². The third-order valence-corrected chi connectivity index (χ3v) is 6.53. The van der Waals surface area contributed by atoms with E-state index in [4.69, 9.17) is 4.74 Å². The van der Waals surface area contributed by atoms with Crippen molar-refractivity contribution in [2.24, 2.45) is 17.3 Å². The Labute approximate surface area is 173 Å². The van der Waals surface area contributed by atoms with E-state index >= 15 is 0 Å². The number of nitrogens with one attached hydrogen (secondary N) is 2. The summed E-state index contributed by atoms with van der Waals surface area (Å²) in [6.45, 7) is 11.9. The van der Waals surface area contributed by atoms with Crippen molar-refractivity contribution in [1.29, 1.82) is 0 Å². The lowest BCUT2D eigenvalue weighted by molar-refractivity contribution is -0.129. The highest BCUT2D eigenvalue weighted by atomic mass is 16.5. The van der Waals surface area contributed by atoms with Gasteiger partial charge < -0.3 is 15.4 Å². The molecule has 0 aromatic rings. The van der Waals surface area contributed by atoms with E-state index in [1.165, 1.54) is 25.7 Å². The maximum atomic E-state index is 12.1. The van der Waals surface area contributed by atoms with Crippen molar-refractivity contribution in [2.45, 2.75) is 72.3 Å². The molecule has 1 saturated carbocycles. The summed E-state index contributed by atoms with van der Waals surface area (Å²) in [6, 6.07) is 0.602. The number of allylic oxidation sites excluding steroid dienone is 1. The Bertz CT molecular complexity index is 490. The SMILES string of the molecule is CNCCN(CC/C=C(\CC(C)(C)C(=O)NC)OC)C(C)C1CCCCC1C. The summed E-state index contributed by atoms with van der Waals surface area (Å²) in [5.41, 5.74) is -0.465. The monoisotopic (exact) mass is 395 g/mol. The summed E-state index contributed by atoms with van der Waals surface area (Å²) < 4.78 is 5.59. The lowest BCUT2D eigenvalue weighted by atomic mass is 9.76. The van der Waals surface area contributed by atoms with Gasteiger partial charge in [-0.25, -0.2) is 0 Å². The fourth-order valence-electron chi connectivity index (χ4n) is 4.58. The highest BCUT2D eigenvalue weighted by molar-refractivity contribution is 5.81. The third-order valence-electron chi connectivity index (χ3n) is 6.53. The topological polar surface area (TPSA) is 53.6 Å². The van der Waals surface area contributed by atoms with Gasteiger partial charge in [0.05, 0.1) is 18.3 Å². The number of methoxy groups -OCH3 is 1. The Morgan fingerprint density at radius 1 is 1.25 bits per heavy atom. The van der Waals surface area contributed by atoms with E-state index in [9.17, 15) is 4.79 Å². The first kappa shape index (κ1) is 25.0. The molecule has 0 saturated heterocycles. The average Bonchev–Trinajstić information content (AvgIpc) is 2.68. The van der Waals surface area contributed by atoms with Crippen molar-refractivity contribution in [3.8, 4) is 0 Å². The quantitative estimate of drug-likeness (QED) is 0.494. The molecule has 5 heteroatoms. The second-order valence-electron chi connectivity index (χ2n) is 9.11. The number of hydrogen-bond acceptors (Lipinski definition) is 4. The van der Waals surface area contributed by atoms with Crippen LogP contribution in [0.3, 0.4) is 0 Å². The average molecular weight is 396 g/mol. The van der Waals surface area contributed by atoms with Crippen LogP contribution in [-0.2, 0) is 9.53 Å². The van der Waals surface area contributed by atoms with E-state index in [0.29, 0.717) is 12.5 Å². The molecule has 1 amide bonds. The van der Waals surface area contributed by atoms with E-state index in [2.05, 4.69) is 35.5 Å². The first-order chi connectivity index (χ1) is 13.3. The van der Waals surface area contributed by atoms with Crippen molar-refractivity contribution in [3.05, 3.63) is 11.8 Å². The molecule has 0 aromatic carbocycles. The fraction of sp³-hybridized carbons (Fsp3) is 0.870. The standard InChI is InChI=1S/C23H45N3O2/c1-18-11-8-9-13-21(18)19(2)26(16-14-24-5)15-10-12-20(28-7)17-23(3,4)22(27)25-6/h12,18-19,21,24H,8-11,13-17H2,1-7H3,(H,25,27)/b20-12+. The molecule has 1 aliphatic rings. The predicted molar refractivity (Wildman–Crippen MR) is 118 cm³/mol. The van der Waals surface area contributed by atoms with Crippen molar-refractivity contribution in [3.63, 3.8) is 0 Å². The van der Waals surface area contributed by atoms with Gasteiger partial charge in [-0.3, -0.25) is 9.69 Å². The number of carbonyl (C=O) groups is 1. The molecule has 2 N–H and O–H groups in total. The Morgan fingerprint density at radius 2 is 1.93 bits per heavy atom. The molecule has 28 heavy (non-hydrogen) atoms. The molecule has 1 fully saturated rings. The van der Waals surface area contributed by atoms with Gasteiger partial charge in [0.15, 0.2) is 0 Å². The van der Waals surface area contributed by atoms with E-state index < -0.39 is 5.41 Å². The first-order valence-corrected chi connectivity index (χ1v) is 11.1. The summed E-state index contributed by atoms with van der Waals surface area (Å²) >= 11 is 0. The molecule has 5 nitrogen and oxygen atoms in total. The zero-order valence-electron chi connectivity index (χ0n) is 19.4. The van der Waals surface area contributed by atoms with Crippen LogP contribution in [-0.4, -0.2) is 57.7 Å². The number of ether oxygens (including phenoxy) is 1. The summed E-state index contributed by atoms with van der Waals surface area (Å²) in [5, 5.41) is 6.05. The predicted octanol–water partition coefficient (Wildman–Crippen LogP) is 3.81. The van der Waals surface area contributed by atoms with Gasteiger partial charge in [-0.2, -0.15) is 0 Å². The molecular formula is C23H45N3O2. The minimum Gasteiger partial charge on any atom is -0.501 e. The maximum absolute atomic E-state index is 12.1. The van der Waals surface area contributed by atoms with Gasteiger partial charge >= 0.3 is 0 Å². The van der Waals surface area contributed by atoms with Gasteiger partial charge in [0.25, 0.3) is 0 Å². The van der Waals surface area contributed by atoms with Crippen molar-refractivity contribution in [1.82, 2.24) is 15.5 Å². The zero-order chi connectivity index (χ0) is 21.2. The number of likely N-dealkylation sites (N-methyl/N-ethyl adjacent to an activating group) is 1. The van der Waals surface area contributed by atoms with Gasteiger partial charge in [0, 0.05) is 39.1 Å². The molecule has 1 aliphatic carbocycles. The first-order valence-electron chi connectivity index (χ1n) is 11.1. The van der Waals surface area contributed by atoms with Crippen LogP contribution >= 0.6 is 0 Å². The summed E-state index contributed by atoms with van der Waals surface area (Å²) in [4.78, 5) is 14.7. The van der Waals surface area contributed by atoms with Gasteiger partial charge in [-0.15, -0.1) is 0 Å². The Kier molecular flexibility index (Phi) is 11.1. The molecule has 0 spiro atoms. The highest BCUT2D eigenvalue weighted by Crippen LogP contribution is 2.34. The normalized spacial score (nSPS) is 22.2. The molecule has 1 rings (SSSR count). The lowest BCUT2D eigenvalue weighted by Gasteiger charge is -2.40. The largest absolute Gasteiger partial charge is 0.501 e. The number of amides is 1. The zero-order valence-corrected chi connectivity index (χ0v) is 19.4. The van der Waals surface area contributed by atoms with Crippen molar-refractivity contribution >= 4 is 5.91 Å². The summed E-state index contributed by atoms with van der Waals surface area (Å²) in [7, 11) is 5.42. The minimum absolute atomic E-state index is 0.0472. The molecule has 0 heterocycles. The second-order valence-corrected chi connectivity index (χ2v) is 9.11. The molecule has 3 unspecified atom stereocenters. The van der Waals surface area contributed by atoms with Crippen molar-refractivity contribution in [2.75, 3.05) is 40.8 Å². The number of hydrogen-bond donors (Lipinski definition) is 2. The van der Waals surface area contributed by atoms with Crippen LogP contribution in [0.15, 0.2) is 11.8 Å². The number of carbonyl (C=O) groups excluding carboxylic acids is 1. The highest BCUT2D eigenvalue weighted by Gasteiger charge is 2.30. The smallest absolute Gasteiger partial charge is 0.225 e. The van der Waals surface area contributed by atoms with Crippen LogP contribution in [0.1, 0.15) is 66.2 Å². The second kappa shape index (κ2) is 12.5. The molecule has 0 aromatic heterocycles. The molecule has 0 radical (unpaired) electrons. The molecule has 3 atom stereocenters. The van der Waals surface area contributed by atoms with Crippen LogP contribution < -0.4 is 10.6 Å². The molecule has 0 bridgehead atoms. The van der Waals surface area contributed by atoms with Gasteiger partial charge in [0.2, 0.25) is 5.91 Å². The Balaban J connectivity index is 2.72. The summed E-state index contributed by atoms with van der Waals surface area (Å²) in [5.74, 6) is 2.56. The lowest BCUT2D eigenvalue weighted by Crippen LogP contribution is -2.44. The summed E-state index contributed by atoms with van der Waals surface area (Å²) in [6.07, 6.45) is 9.24. The van der Waals surface area contributed by atoms with Crippen LogP contribution in [0.5, 0.6) is 0 Å². The molecule has 0 aliphatic heterocycles. The van der Waals surface area contributed by atoms with E-state index in [-0.39, 0.29) is 5.91 Å². The van der Waals surface area contributed by atoms with E-state index in [1.807, 2.05) is 20.9 Å². The Hall–Kier alpha value is -1.07. The fourth-order valence-corrected chi connectivity index (χ4v) is 4.58. The van der Waals surface area contributed by atoms with E-state index in [0.717, 1.165) is 43.7 Å². The maximum Gasteiger partial charge on any atom is 0.225 e. The number of rotatable bonds is 12. The van der Waals surface area contributed by atoms with Crippen molar-refractivity contribution < 1.29 is 9.53 Å². The minimum atomic E-state index is -0.465. The Morgan fingerprint density at radius 3 is 2.50 bits per heavy atom. The number of nitrogens with zero attached hydrogens (tertiary/aromatic N) is 1. The molecular weight excluding hydrogens is 350 g/mol. The van der Waals surface area contributed by atoms with E-state index in [1.54, 1.807) is 14.2 Å². The van der Waals surface area contributed by atoms with Crippen LogP contribution in [0, 0.1) is 17.3 Å². The van der Waals surface area contributed by atoms with Crippen LogP contribution in [0.25, 0.3) is 0 Å². The van der Waals surface area contributed by atoms with Gasteiger partial charge in [-0.1, -0.05) is 40.0 Å². The third kappa shape index (κ3) is 7.75. The van der Waals surface area contributed by atoms with Gasteiger partial charge in [0.1, 0.15) is 0 Å². The van der Waals surface area contributed by atoms with Gasteiger partial charge in [-0.05, 0) is 44.7 Å².